The predicted octanol–water partition coefficient (Wildman–Crippen LogP) is 5.97. The lowest BCUT2D eigenvalue weighted by Gasteiger charge is -2.24. The van der Waals surface area contributed by atoms with E-state index >= 15 is 0 Å². The van der Waals surface area contributed by atoms with E-state index in [0.717, 1.165) is 132 Å². The van der Waals surface area contributed by atoms with E-state index in [1.54, 1.807) is 6.07 Å². The molecule has 2 aromatic carbocycles. The minimum absolute atomic E-state index is 0.0234. The molecular weight excluding hydrogens is 817 g/mol. The molecule has 2 amide bonds. The molecule has 0 radical (unpaired) electrons. The van der Waals surface area contributed by atoms with Gasteiger partial charge in [-0.2, -0.15) is 0 Å². The van der Waals surface area contributed by atoms with E-state index in [0.29, 0.717) is 16.4 Å². The number of H-pyrrole nitrogens is 2. The van der Waals surface area contributed by atoms with E-state index in [2.05, 4.69) is 35.3 Å². The van der Waals surface area contributed by atoms with E-state index in [1.165, 1.54) is 38.0 Å². The Morgan fingerprint density at radius 2 is 1.21 bits per heavy atom. The number of nitrogens with one attached hydrogen (secondary N) is 4. The van der Waals surface area contributed by atoms with E-state index < -0.39 is 18.8 Å². The molecule has 6 N–H and O–H groups in total. The summed E-state index contributed by atoms with van der Waals surface area (Å²) in [6.07, 6.45) is 13.3. The van der Waals surface area contributed by atoms with Gasteiger partial charge in [-0.1, -0.05) is 17.7 Å². The van der Waals surface area contributed by atoms with Crippen molar-refractivity contribution in [3.05, 3.63) is 122 Å². The molecular formula is C46H42BClF2N6O6. The Kier molecular flexibility index (Phi) is 9.76. The standard InChI is InChI=1S/C23H20FN3O2.C16H14ClN3O.C7H8BFO3/c1-29-19-5-3-12(8-16(19)24)17-9-15-13(11-25-17)2-4-14-20-18(26-21(14)15)10-23(6-7-23)27-22(20)28;17-12-5-10-8(7-18-12)1-2-9-13-11(19-14(9)10)6-16(3-4-16)20-15(13)21;1-12-7-3-2-5(8(10)11)4-6(7)9/h3,5,8-9,11,26H,2,4,6-7,10H2,1H3,(H,27,28);5,7,19H,1-4,6H2,(H,20,21);2-4,10-11H,1H3. The highest BCUT2D eigenvalue weighted by Crippen LogP contribution is 2.47. The van der Waals surface area contributed by atoms with Crippen molar-refractivity contribution in [3.8, 4) is 45.3 Å². The third kappa shape index (κ3) is 7.11. The van der Waals surface area contributed by atoms with Gasteiger partial charge in [0, 0.05) is 64.4 Å². The first kappa shape index (κ1) is 40.1. The molecule has 2 saturated carbocycles. The van der Waals surface area contributed by atoms with Crippen LogP contribution in [-0.4, -0.2) is 74.2 Å². The number of hydrogen-bond acceptors (Lipinski definition) is 8. The number of aromatic nitrogens is 4. The number of aromatic amines is 2. The van der Waals surface area contributed by atoms with Crippen molar-refractivity contribution >= 4 is 36.0 Å². The van der Waals surface area contributed by atoms with Gasteiger partial charge >= 0.3 is 7.12 Å². The molecule has 12 nitrogen and oxygen atoms in total. The molecule has 12 rings (SSSR count). The van der Waals surface area contributed by atoms with Crippen molar-refractivity contribution in [1.29, 1.82) is 0 Å². The van der Waals surface area contributed by atoms with Gasteiger partial charge < -0.3 is 40.1 Å². The Bertz CT molecular complexity index is 2830. The Labute approximate surface area is 360 Å². The summed E-state index contributed by atoms with van der Waals surface area (Å²) in [6.45, 7) is 0. The minimum atomic E-state index is -1.65. The number of ether oxygens (including phenoxy) is 2. The number of methoxy groups -OCH3 is 2. The average Bonchev–Trinajstić information content (AvgIpc) is 4.10. The van der Waals surface area contributed by atoms with Crippen LogP contribution in [-0.2, 0) is 38.5 Å². The van der Waals surface area contributed by atoms with Gasteiger partial charge in [0.15, 0.2) is 23.1 Å². The molecule has 6 aromatic rings. The number of fused-ring (bicyclic) bond motifs is 10. The summed E-state index contributed by atoms with van der Waals surface area (Å²) in [5.41, 5.74) is 14.2. The summed E-state index contributed by atoms with van der Waals surface area (Å²) < 4.78 is 36.7. The number of pyridine rings is 2. The zero-order valence-electron chi connectivity index (χ0n) is 34.0. The SMILES string of the molecule is COc1ccc(-c2cc3c(cn2)CCc2c-3[nH]c3c2C(=O)NC2(CC2)C3)cc1F.COc1ccc(B(O)O)cc1F.O=C1NC2(CC2)Cc2[nH]c3c(c21)CCc1cnc(Cl)cc1-3. The van der Waals surface area contributed by atoms with Gasteiger partial charge in [-0.3, -0.25) is 14.6 Å². The molecule has 6 heterocycles. The lowest BCUT2D eigenvalue weighted by atomic mass is 9.80. The van der Waals surface area contributed by atoms with Crippen LogP contribution in [0.3, 0.4) is 0 Å². The van der Waals surface area contributed by atoms with Gasteiger partial charge in [0.1, 0.15) is 5.15 Å². The number of benzene rings is 2. The number of carbonyl (C=O) groups is 2. The van der Waals surface area contributed by atoms with E-state index in [4.69, 9.17) is 26.4 Å². The van der Waals surface area contributed by atoms with E-state index in [-0.39, 0.29) is 39.9 Å². The maximum absolute atomic E-state index is 14.2. The van der Waals surface area contributed by atoms with Crippen LogP contribution in [0.1, 0.15) is 80.0 Å². The average molecular weight is 859 g/mol. The molecule has 2 spiro atoms. The third-order valence-electron chi connectivity index (χ3n) is 13.0. The molecule has 6 aliphatic rings. The van der Waals surface area contributed by atoms with Crippen LogP contribution >= 0.6 is 11.6 Å². The van der Waals surface area contributed by atoms with Gasteiger partial charge in [-0.15, -0.1) is 0 Å². The van der Waals surface area contributed by atoms with Crippen LogP contribution in [0, 0.1) is 11.6 Å². The van der Waals surface area contributed by atoms with Crippen LogP contribution in [0.25, 0.3) is 33.8 Å². The quantitative estimate of drug-likeness (QED) is 0.0930. The van der Waals surface area contributed by atoms with Crippen LogP contribution in [0.5, 0.6) is 11.5 Å². The Morgan fingerprint density at radius 3 is 1.71 bits per heavy atom. The van der Waals surface area contributed by atoms with Crippen molar-refractivity contribution in [3.63, 3.8) is 0 Å². The maximum Gasteiger partial charge on any atom is 0.488 e. The van der Waals surface area contributed by atoms with Crippen molar-refractivity contribution in [1.82, 2.24) is 30.6 Å². The normalized spacial score (nSPS) is 17.2. The minimum Gasteiger partial charge on any atom is -0.494 e. The number of nitrogens with zero attached hydrogens (tertiary/aromatic N) is 2. The van der Waals surface area contributed by atoms with E-state index in [1.807, 2.05) is 30.6 Å². The number of halogens is 3. The molecule has 0 bridgehead atoms. The zero-order valence-corrected chi connectivity index (χ0v) is 34.7. The molecule has 62 heavy (non-hydrogen) atoms. The fourth-order valence-corrected chi connectivity index (χ4v) is 9.55. The first-order valence-corrected chi connectivity index (χ1v) is 21.0. The largest absolute Gasteiger partial charge is 0.494 e. The second kappa shape index (κ2) is 15.1. The summed E-state index contributed by atoms with van der Waals surface area (Å²) in [4.78, 5) is 41.1. The highest BCUT2D eigenvalue weighted by atomic mass is 35.5. The monoisotopic (exact) mass is 858 g/mol. The molecule has 4 aromatic heterocycles. The van der Waals surface area contributed by atoms with Gasteiger partial charge in [-0.05, 0) is 122 Å². The Hall–Kier alpha value is -6.03. The third-order valence-corrected chi connectivity index (χ3v) is 13.2. The molecule has 16 heteroatoms. The summed E-state index contributed by atoms with van der Waals surface area (Å²) in [5.74, 6) is -0.577. The predicted molar refractivity (Wildman–Crippen MR) is 229 cm³/mol. The molecule has 0 unspecified atom stereocenters. The van der Waals surface area contributed by atoms with Crippen LogP contribution in [0.2, 0.25) is 5.15 Å². The topological polar surface area (TPSA) is 174 Å². The van der Waals surface area contributed by atoms with Crippen molar-refractivity contribution < 1.29 is 37.9 Å². The Balaban J connectivity index is 0.000000121. The van der Waals surface area contributed by atoms with Gasteiger partial charge in [0.05, 0.1) is 42.4 Å². The second-order valence-electron chi connectivity index (χ2n) is 17.0. The molecule has 316 valence electrons. The molecule has 2 fully saturated rings. The highest BCUT2D eigenvalue weighted by molar-refractivity contribution is 6.58. The van der Waals surface area contributed by atoms with Crippen molar-refractivity contribution in [2.75, 3.05) is 14.2 Å². The summed E-state index contributed by atoms with van der Waals surface area (Å²) in [6, 6.07) is 12.5. The number of carbonyl (C=O) groups excluding carboxylic acids is 2. The van der Waals surface area contributed by atoms with Gasteiger partial charge in [-0.25, -0.2) is 13.8 Å². The summed E-state index contributed by atoms with van der Waals surface area (Å²) in [7, 11) is 1.14. The number of rotatable bonds is 4. The lowest BCUT2D eigenvalue weighted by Crippen LogP contribution is -2.43. The highest BCUT2D eigenvalue weighted by Gasteiger charge is 2.50. The number of hydrogen-bond donors (Lipinski definition) is 6. The second-order valence-corrected chi connectivity index (χ2v) is 17.4. The number of amides is 2. The fraction of sp³-hybridized carbons (Fsp3) is 0.304. The molecule has 2 aliphatic heterocycles. The van der Waals surface area contributed by atoms with Crippen molar-refractivity contribution in [2.24, 2.45) is 0 Å². The maximum atomic E-state index is 14.2. The first-order chi connectivity index (χ1) is 29.9. The summed E-state index contributed by atoms with van der Waals surface area (Å²) >= 11 is 6.05. The first-order valence-electron chi connectivity index (χ1n) is 20.7. The molecule has 0 atom stereocenters. The lowest BCUT2D eigenvalue weighted by molar-refractivity contribution is 0.0908. The number of aryl methyl sites for hydroxylation is 2. The van der Waals surface area contributed by atoms with Gasteiger partial charge in [0.25, 0.3) is 11.8 Å². The summed E-state index contributed by atoms with van der Waals surface area (Å²) in [5, 5.41) is 24.2. The van der Waals surface area contributed by atoms with Crippen LogP contribution in [0.4, 0.5) is 8.78 Å². The zero-order chi connectivity index (χ0) is 43.1. The van der Waals surface area contributed by atoms with Gasteiger partial charge in [0.2, 0.25) is 0 Å². The van der Waals surface area contributed by atoms with Crippen molar-refractivity contribution in [2.45, 2.75) is 75.3 Å². The Morgan fingerprint density at radius 1 is 0.694 bits per heavy atom. The molecule has 0 saturated heterocycles. The van der Waals surface area contributed by atoms with Crippen LogP contribution in [0.15, 0.2) is 60.9 Å². The van der Waals surface area contributed by atoms with Crippen LogP contribution < -0.4 is 25.6 Å². The van der Waals surface area contributed by atoms with E-state index in [9.17, 15) is 18.4 Å². The fourth-order valence-electron chi connectivity index (χ4n) is 9.39. The smallest absolute Gasteiger partial charge is 0.488 e. The molecule has 4 aliphatic carbocycles.